The Morgan fingerprint density at radius 2 is 2.06 bits per heavy atom. The number of nitrogens with zero attached hydrogens (tertiary/aromatic N) is 3. The lowest BCUT2D eigenvalue weighted by Gasteiger charge is -2.19. The first kappa shape index (κ1) is 24.2. The Morgan fingerprint density at radius 3 is 2.81 bits per heavy atom. The number of ether oxygens (including phenoxy) is 1. The highest BCUT2D eigenvalue weighted by Gasteiger charge is 2.26. The number of rotatable bonds is 12. The van der Waals surface area contributed by atoms with Crippen molar-refractivity contribution >= 4 is 41.9 Å². The fraction of sp³-hybridized carbons (Fsp3) is 0.350. The number of benzene rings is 1. The van der Waals surface area contributed by atoms with Crippen LogP contribution in [0, 0.1) is 0 Å². The van der Waals surface area contributed by atoms with Gasteiger partial charge >= 0.3 is 7.60 Å². The van der Waals surface area contributed by atoms with Crippen LogP contribution in [0.15, 0.2) is 48.2 Å². The summed E-state index contributed by atoms with van der Waals surface area (Å²) < 4.78 is 31.7. The first-order valence-corrected chi connectivity index (χ1v) is 12.6. The summed E-state index contributed by atoms with van der Waals surface area (Å²) in [6, 6.07) is 9.37. The summed E-state index contributed by atoms with van der Waals surface area (Å²) >= 11 is 1.10. The van der Waals surface area contributed by atoms with Crippen LogP contribution in [0.5, 0.6) is 0 Å². The predicted molar refractivity (Wildman–Crippen MR) is 124 cm³/mol. The van der Waals surface area contributed by atoms with Crippen molar-refractivity contribution in [2.24, 2.45) is 10.7 Å². The maximum absolute atomic E-state index is 13.2. The van der Waals surface area contributed by atoms with Crippen LogP contribution in [0.2, 0.25) is 0 Å². The topological polar surface area (TPSA) is 130 Å². The van der Waals surface area contributed by atoms with Crippen LogP contribution in [-0.4, -0.2) is 45.9 Å². The molecule has 0 spiro atoms. The molecule has 2 heterocycles. The number of nitrogens with two attached hydrogens (primary N) is 1. The number of thioether (sulfide) groups is 1. The highest BCUT2D eigenvalue weighted by atomic mass is 32.2. The van der Waals surface area contributed by atoms with Gasteiger partial charge in [0.25, 0.3) is 0 Å². The Morgan fingerprint density at radius 1 is 1.28 bits per heavy atom. The number of nitrogens with one attached hydrogen (secondary N) is 1. The third kappa shape index (κ3) is 7.04. The average molecular weight is 479 g/mol. The van der Waals surface area contributed by atoms with E-state index in [1.807, 2.05) is 30.3 Å². The highest BCUT2D eigenvalue weighted by Crippen LogP contribution is 2.49. The molecule has 0 amide bonds. The summed E-state index contributed by atoms with van der Waals surface area (Å²) in [5.41, 5.74) is 7.80. The Bertz CT molecular complexity index is 1030. The van der Waals surface area contributed by atoms with E-state index in [-0.39, 0.29) is 37.2 Å². The smallest absolute Gasteiger partial charge is 0.356 e. The van der Waals surface area contributed by atoms with Crippen molar-refractivity contribution in [2.75, 3.05) is 25.3 Å². The molecule has 10 nitrogen and oxygen atoms in total. The summed E-state index contributed by atoms with van der Waals surface area (Å²) in [4.78, 5) is 19.6. The lowest BCUT2D eigenvalue weighted by atomic mass is 10.2. The summed E-state index contributed by atoms with van der Waals surface area (Å²) in [6.07, 6.45) is 1.39. The molecule has 0 aliphatic carbocycles. The van der Waals surface area contributed by atoms with Gasteiger partial charge in [-0.05, 0) is 5.56 Å². The first-order valence-electron chi connectivity index (χ1n) is 9.85. The van der Waals surface area contributed by atoms with Gasteiger partial charge in [0.15, 0.2) is 16.9 Å². The molecule has 0 fully saturated rings. The Balaban J connectivity index is 1.54. The van der Waals surface area contributed by atoms with E-state index in [4.69, 9.17) is 19.5 Å². The van der Waals surface area contributed by atoms with E-state index in [0.717, 1.165) is 17.3 Å². The Labute approximate surface area is 190 Å². The minimum absolute atomic E-state index is 0.0327. The number of imidazole rings is 1. The van der Waals surface area contributed by atoms with Crippen LogP contribution in [0.4, 0.5) is 5.82 Å². The molecule has 2 aromatic rings. The standard InChI is InChI=1S/C20H26N5O5PS/c1-15-18-19(24-20(21)23-15)25(13-22-18)8-9-28-14-31(27,29-10-11-32-16(2)26)30-12-17-6-4-3-5-7-17/h3-7,13H,1,8-12,14H2,2H3,(H3,21,23,24). The third-order valence-electron chi connectivity index (χ3n) is 4.27. The highest BCUT2D eigenvalue weighted by molar-refractivity contribution is 8.13. The summed E-state index contributed by atoms with van der Waals surface area (Å²) in [5, 5.41) is 2.80. The maximum atomic E-state index is 13.2. The van der Waals surface area contributed by atoms with E-state index in [1.165, 1.54) is 6.92 Å². The van der Waals surface area contributed by atoms with Gasteiger partial charge in [-0.1, -0.05) is 48.7 Å². The van der Waals surface area contributed by atoms with Crippen LogP contribution in [-0.2, 0) is 36.3 Å². The molecule has 1 aliphatic heterocycles. The number of hydrogen-bond acceptors (Lipinski definition) is 10. The third-order valence-corrected chi connectivity index (χ3v) is 6.65. The zero-order chi connectivity index (χ0) is 23.0. The maximum Gasteiger partial charge on any atom is 0.356 e. The predicted octanol–water partition coefficient (Wildman–Crippen LogP) is 3.08. The van der Waals surface area contributed by atoms with Gasteiger partial charge in [-0.25, -0.2) is 4.98 Å². The Kier molecular flexibility index (Phi) is 8.66. The van der Waals surface area contributed by atoms with Gasteiger partial charge < -0.3 is 29.4 Å². The summed E-state index contributed by atoms with van der Waals surface area (Å²) in [7, 11) is -3.54. The summed E-state index contributed by atoms with van der Waals surface area (Å²) in [5.74, 6) is 1.20. The molecule has 1 aromatic carbocycles. The van der Waals surface area contributed by atoms with Gasteiger partial charge in [0.05, 0.1) is 31.8 Å². The van der Waals surface area contributed by atoms with Gasteiger partial charge in [-0.15, -0.1) is 0 Å². The number of aromatic nitrogens is 2. The summed E-state index contributed by atoms with van der Waals surface area (Å²) in [6.45, 7) is 6.20. The van der Waals surface area contributed by atoms with Crippen molar-refractivity contribution in [3.05, 3.63) is 54.5 Å². The lowest BCUT2D eigenvalue weighted by Crippen LogP contribution is -2.32. The molecule has 1 aliphatic rings. The molecular weight excluding hydrogens is 453 g/mol. The van der Waals surface area contributed by atoms with Crippen LogP contribution < -0.4 is 11.1 Å². The molecular formula is C20H26N5O5PS. The first-order chi connectivity index (χ1) is 15.4. The largest absolute Gasteiger partial charge is 0.369 e. The number of fused-ring (bicyclic) bond motifs is 1. The SMILES string of the molecule is C=C1NC(N)=Nc2c1ncn2CCOCP(=O)(OCCSC(C)=O)OCc1ccccc1. The van der Waals surface area contributed by atoms with Crippen molar-refractivity contribution in [3.8, 4) is 0 Å². The quantitative estimate of drug-likeness (QED) is 0.348. The fourth-order valence-electron chi connectivity index (χ4n) is 2.79. The molecule has 12 heteroatoms. The zero-order valence-electron chi connectivity index (χ0n) is 17.7. The second-order valence-electron chi connectivity index (χ2n) is 6.79. The molecule has 3 N–H and O–H groups in total. The molecule has 3 rings (SSSR count). The minimum Gasteiger partial charge on any atom is -0.369 e. The number of carbonyl (C=O) groups is 1. The van der Waals surface area contributed by atoms with E-state index in [0.29, 0.717) is 29.5 Å². The average Bonchev–Trinajstić information content (AvgIpc) is 3.17. The van der Waals surface area contributed by atoms with Crippen LogP contribution in [0.1, 0.15) is 18.2 Å². The molecule has 32 heavy (non-hydrogen) atoms. The van der Waals surface area contributed by atoms with E-state index in [2.05, 4.69) is 21.9 Å². The fourth-order valence-corrected chi connectivity index (χ4v) is 4.65. The lowest BCUT2D eigenvalue weighted by molar-refractivity contribution is -0.109. The molecule has 1 aromatic heterocycles. The molecule has 0 saturated heterocycles. The van der Waals surface area contributed by atoms with E-state index >= 15 is 0 Å². The van der Waals surface area contributed by atoms with Crippen molar-refractivity contribution in [1.82, 2.24) is 14.9 Å². The zero-order valence-corrected chi connectivity index (χ0v) is 19.4. The van der Waals surface area contributed by atoms with Crippen molar-refractivity contribution < 1.29 is 23.1 Å². The normalized spacial score (nSPS) is 14.9. The van der Waals surface area contributed by atoms with Gasteiger partial charge in [0.2, 0.25) is 0 Å². The van der Waals surface area contributed by atoms with Gasteiger partial charge in [0.1, 0.15) is 12.0 Å². The number of guanidine groups is 1. The van der Waals surface area contributed by atoms with Crippen molar-refractivity contribution in [2.45, 2.75) is 20.1 Å². The molecule has 172 valence electrons. The van der Waals surface area contributed by atoms with Gasteiger partial charge in [-0.3, -0.25) is 9.36 Å². The van der Waals surface area contributed by atoms with E-state index in [1.54, 1.807) is 10.9 Å². The van der Waals surface area contributed by atoms with Gasteiger partial charge in [0, 0.05) is 19.2 Å². The van der Waals surface area contributed by atoms with Crippen LogP contribution in [0.25, 0.3) is 5.70 Å². The number of aliphatic imine (C=N–C) groups is 1. The molecule has 1 unspecified atom stereocenters. The van der Waals surface area contributed by atoms with Crippen molar-refractivity contribution in [3.63, 3.8) is 0 Å². The second-order valence-corrected chi connectivity index (χ2v) is 10.1. The van der Waals surface area contributed by atoms with Crippen molar-refractivity contribution in [1.29, 1.82) is 0 Å². The Hall–Kier alpha value is -2.43. The molecule has 0 bridgehead atoms. The van der Waals surface area contributed by atoms with Crippen LogP contribution in [0.3, 0.4) is 0 Å². The number of hydrogen-bond donors (Lipinski definition) is 2. The minimum atomic E-state index is -3.54. The monoisotopic (exact) mass is 479 g/mol. The molecule has 0 radical (unpaired) electrons. The second kappa shape index (κ2) is 11.4. The van der Waals surface area contributed by atoms with E-state index in [9.17, 15) is 9.36 Å². The number of carbonyl (C=O) groups excluding carboxylic acids is 1. The van der Waals surface area contributed by atoms with Gasteiger partial charge in [-0.2, -0.15) is 4.99 Å². The molecule has 0 saturated carbocycles. The van der Waals surface area contributed by atoms with E-state index < -0.39 is 7.60 Å². The van der Waals surface area contributed by atoms with Crippen LogP contribution >= 0.6 is 19.4 Å². The molecule has 1 atom stereocenters.